The highest BCUT2D eigenvalue weighted by Gasteiger charge is 2.26. The van der Waals surface area contributed by atoms with Gasteiger partial charge in [0.2, 0.25) is 6.41 Å². The fourth-order valence-corrected chi connectivity index (χ4v) is 5.17. The number of hydrogen-bond acceptors (Lipinski definition) is 3. The average Bonchev–Trinajstić information content (AvgIpc) is 3.68. The zero-order chi connectivity index (χ0) is 33.3. The summed E-state index contributed by atoms with van der Waals surface area (Å²) >= 11 is 0. The SMILES string of the molecule is C#C.C#C.C#C.C1CCCCC1.CCCc1[nH+]c(OC)ccc1[C@H]1CC[NH2+]C1.COc1ccccc1.O=CN1CCCCC1. The van der Waals surface area contributed by atoms with Crippen LogP contribution in [0, 0.1) is 38.5 Å². The predicted molar refractivity (Wildman–Crippen MR) is 184 cm³/mol. The summed E-state index contributed by atoms with van der Waals surface area (Å²) in [6.07, 6.45) is 41.2. The lowest BCUT2D eigenvalue weighted by Crippen LogP contribution is -2.81. The maximum absolute atomic E-state index is 10.1. The first-order valence-corrected chi connectivity index (χ1v) is 15.9. The van der Waals surface area contributed by atoms with Gasteiger partial charge in [0.1, 0.15) is 5.75 Å². The van der Waals surface area contributed by atoms with E-state index in [0.29, 0.717) is 0 Å². The van der Waals surface area contributed by atoms with Crippen molar-refractivity contribution in [1.29, 1.82) is 0 Å². The molecule has 6 nitrogen and oxygen atoms in total. The van der Waals surface area contributed by atoms with Crippen molar-refractivity contribution in [2.45, 2.75) is 89.9 Å². The van der Waals surface area contributed by atoms with Crippen LogP contribution >= 0.6 is 0 Å². The largest absolute Gasteiger partial charge is 0.497 e. The summed E-state index contributed by atoms with van der Waals surface area (Å²) in [5.41, 5.74) is 2.86. The van der Waals surface area contributed by atoms with E-state index in [2.05, 4.69) is 61.8 Å². The van der Waals surface area contributed by atoms with Crippen LogP contribution in [0.15, 0.2) is 42.5 Å². The number of rotatable bonds is 6. The van der Waals surface area contributed by atoms with E-state index in [0.717, 1.165) is 43.5 Å². The lowest BCUT2D eigenvalue weighted by atomic mass is 9.95. The third-order valence-corrected chi connectivity index (χ3v) is 7.39. The van der Waals surface area contributed by atoms with Gasteiger partial charge in [0.25, 0.3) is 0 Å². The molecule has 3 N–H and O–H groups in total. The summed E-state index contributed by atoms with van der Waals surface area (Å²) in [7, 11) is 3.37. The number of nitrogens with two attached hydrogens (primary N) is 1. The number of terminal acetylenes is 3. The molecule has 0 spiro atoms. The number of carbonyl (C=O) groups excluding carboxylic acids is 1. The van der Waals surface area contributed by atoms with E-state index in [1.807, 2.05) is 41.3 Å². The standard InChI is InChI=1S/C13H20N2O.C7H8O.C6H11NO.C6H12.3C2H2/c1-3-4-12-11(10-7-8-14-9-10)5-6-13(15-12)16-2;1-8-7-5-3-2-4-6-7;8-6-7-4-2-1-3-5-7;1-2-4-6-5-3-1;3*1-2/h5-6,10,14H,3-4,7-9H2,1-2H3;2-6H,1H3;6H,1-5H2;1-6H2;3*1-2H/p+2/t10-;;;;;;/m0....../s1. The molecule has 2 saturated heterocycles. The van der Waals surface area contributed by atoms with E-state index in [-0.39, 0.29) is 0 Å². The Kier molecular flexibility index (Phi) is 30.7. The number of aromatic nitrogens is 1. The van der Waals surface area contributed by atoms with Crippen molar-refractivity contribution in [1.82, 2.24) is 4.90 Å². The molecule has 1 saturated carbocycles. The molecule has 0 bridgehead atoms. The number of quaternary nitrogens is 1. The van der Waals surface area contributed by atoms with E-state index in [1.54, 1.807) is 14.2 Å². The monoisotopic (exact) mass is 605 g/mol. The Hall–Kier alpha value is -3.92. The van der Waals surface area contributed by atoms with Crippen LogP contribution in [-0.4, -0.2) is 51.7 Å². The number of pyridine rings is 1. The molecule has 1 amide bonds. The molecule has 44 heavy (non-hydrogen) atoms. The molecule has 2 aromatic rings. The van der Waals surface area contributed by atoms with Crippen molar-refractivity contribution >= 4 is 6.41 Å². The lowest BCUT2D eigenvalue weighted by molar-refractivity contribution is -0.636. The Bertz CT molecular complexity index is 946. The third-order valence-electron chi connectivity index (χ3n) is 7.39. The minimum Gasteiger partial charge on any atom is -0.497 e. The Morgan fingerprint density at radius 3 is 1.75 bits per heavy atom. The second-order valence-electron chi connectivity index (χ2n) is 10.3. The molecule has 2 aliphatic heterocycles. The van der Waals surface area contributed by atoms with Gasteiger partial charge in [-0.15, -0.1) is 38.5 Å². The topological polar surface area (TPSA) is 69.5 Å². The molecule has 3 fully saturated rings. The number of aromatic amines is 1. The first-order valence-electron chi connectivity index (χ1n) is 15.9. The molecule has 3 heterocycles. The summed E-state index contributed by atoms with van der Waals surface area (Å²) in [6, 6.07) is 14.0. The van der Waals surface area contributed by atoms with Gasteiger partial charge in [-0.1, -0.05) is 63.6 Å². The van der Waals surface area contributed by atoms with E-state index in [4.69, 9.17) is 9.47 Å². The second kappa shape index (κ2) is 32.0. The number of nitrogens with one attached hydrogen (secondary N) is 1. The fourth-order valence-electron chi connectivity index (χ4n) is 5.17. The molecule has 1 aliphatic carbocycles. The number of likely N-dealkylation sites (tertiary alicyclic amines) is 1. The van der Waals surface area contributed by atoms with Crippen LogP contribution in [0.2, 0.25) is 0 Å². The zero-order valence-corrected chi connectivity index (χ0v) is 27.7. The molecule has 5 rings (SSSR count). The van der Waals surface area contributed by atoms with Gasteiger partial charge in [-0.3, -0.25) is 4.79 Å². The smallest absolute Gasteiger partial charge is 0.366 e. The summed E-state index contributed by atoms with van der Waals surface area (Å²) in [6.45, 7) is 6.67. The molecular weight excluding hydrogens is 546 g/mol. The number of para-hydroxylation sites is 1. The van der Waals surface area contributed by atoms with Crippen molar-refractivity contribution < 1.29 is 24.6 Å². The number of nitrogens with zero attached hydrogens (tertiary/aromatic N) is 1. The highest BCUT2D eigenvalue weighted by atomic mass is 16.5. The van der Waals surface area contributed by atoms with Crippen molar-refractivity contribution in [2.24, 2.45) is 0 Å². The maximum atomic E-state index is 10.1. The van der Waals surface area contributed by atoms with Crippen LogP contribution in [-0.2, 0) is 11.2 Å². The number of carbonyl (C=O) groups is 1. The number of methoxy groups -OCH3 is 2. The highest BCUT2D eigenvalue weighted by Crippen LogP contribution is 2.23. The molecule has 3 aliphatic rings. The second-order valence-corrected chi connectivity index (χ2v) is 10.3. The minimum atomic E-state index is 0.726. The predicted octanol–water partition coefficient (Wildman–Crippen LogP) is 5.93. The van der Waals surface area contributed by atoms with Gasteiger partial charge in [0.05, 0.1) is 33.4 Å². The highest BCUT2D eigenvalue weighted by molar-refractivity contribution is 5.46. The fraction of sp³-hybridized carbons (Fsp3) is 0.526. The number of benzene rings is 1. The van der Waals surface area contributed by atoms with E-state index in [1.165, 1.54) is 95.0 Å². The van der Waals surface area contributed by atoms with Crippen LogP contribution in [0.1, 0.15) is 94.7 Å². The normalized spacial score (nSPS) is 16.0. The van der Waals surface area contributed by atoms with Crippen LogP contribution in [0.5, 0.6) is 11.6 Å². The molecule has 1 aromatic carbocycles. The van der Waals surface area contributed by atoms with E-state index in [9.17, 15) is 4.79 Å². The Labute approximate surface area is 269 Å². The maximum Gasteiger partial charge on any atom is 0.366 e. The lowest BCUT2D eigenvalue weighted by Gasteiger charge is -2.21. The molecule has 0 radical (unpaired) electrons. The van der Waals surface area contributed by atoms with Crippen LogP contribution < -0.4 is 19.8 Å². The van der Waals surface area contributed by atoms with Gasteiger partial charge in [-0.25, -0.2) is 0 Å². The number of aryl methyl sites for hydroxylation is 1. The van der Waals surface area contributed by atoms with Crippen LogP contribution in [0.4, 0.5) is 0 Å². The van der Waals surface area contributed by atoms with Crippen LogP contribution in [0.25, 0.3) is 0 Å². The summed E-state index contributed by atoms with van der Waals surface area (Å²) in [5, 5.41) is 2.41. The van der Waals surface area contributed by atoms with Crippen molar-refractivity contribution in [3.05, 3.63) is 53.7 Å². The van der Waals surface area contributed by atoms with Gasteiger partial charge >= 0.3 is 5.88 Å². The van der Waals surface area contributed by atoms with Crippen molar-refractivity contribution in [3.63, 3.8) is 0 Å². The number of hydrogen-bond donors (Lipinski definition) is 1. The minimum absolute atomic E-state index is 0.726. The number of H-pyrrole nitrogens is 1. The van der Waals surface area contributed by atoms with Crippen molar-refractivity contribution in [2.75, 3.05) is 40.4 Å². The molecule has 1 aromatic heterocycles. The molecule has 242 valence electrons. The van der Waals surface area contributed by atoms with Gasteiger partial charge in [0, 0.05) is 37.4 Å². The van der Waals surface area contributed by atoms with E-state index >= 15 is 0 Å². The Morgan fingerprint density at radius 2 is 1.36 bits per heavy atom. The number of amides is 1. The van der Waals surface area contributed by atoms with E-state index < -0.39 is 0 Å². The number of piperidine rings is 1. The Balaban J connectivity index is 0. The Morgan fingerprint density at radius 1 is 0.818 bits per heavy atom. The first-order chi connectivity index (χ1) is 21.7. The van der Waals surface area contributed by atoms with Gasteiger partial charge < -0.3 is 19.7 Å². The average molecular weight is 606 g/mol. The third kappa shape index (κ3) is 20.1. The first kappa shape index (κ1) is 42.2. The van der Waals surface area contributed by atoms with Crippen LogP contribution in [0.3, 0.4) is 0 Å². The summed E-state index contributed by atoms with van der Waals surface area (Å²) in [4.78, 5) is 15.3. The van der Waals surface area contributed by atoms with Gasteiger partial charge in [-0.2, -0.15) is 4.98 Å². The molecular formula is C38H59N3O3+2. The molecule has 0 unspecified atom stereocenters. The van der Waals surface area contributed by atoms with Crippen molar-refractivity contribution in [3.8, 4) is 50.2 Å². The summed E-state index contributed by atoms with van der Waals surface area (Å²) < 4.78 is 10.2. The van der Waals surface area contributed by atoms with Gasteiger partial charge in [-0.05, 0) is 43.9 Å². The molecule has 1 atom stereocenters. The number of ether oxygens (including phenoxy) is 2. The molecule has 6 heteroatoms. The zero-order valence-electron chi connectivity index (χ0n) is 27.7. The van der Waals surface area contributed by atoms with Gasteiger partial charge in [0.15, 0.2) is 5.69 Å². The summed E-state index contributed by atoms with van der Waals surface area (Å²) in [5.74, 6) is 2.50. The quantitative estimate of drug-likeness (QED) is 0.328.